The van der Waals surface area contributed by atoms with Crippen LogP contribution in [0, 0.1) is 0 Å². The number of nitrogens with zero attached hydrogens (tertiary/aromatic N) is 5. The number of hydrogen-bond acceptors (Lipinski definition) is 6. The maximum atomic E-state index is 13.9. The molecule has 0 radical (unpaired) electrons. The molecule has 0 saturated carbocycles. The van der Waals surface area contributed by atoms with Gasteiger partial charge in [0, 0.05) is 83.1 Å². The lowest BCUT2D eigenvalue weighted by atomic mass is 10.0. The van der Waals surface area contributed by atoms with Crippen molar-refractivity contribution in [1.29, 1.82) is 0 Å². The highest BCUT2D eigenvalue weighted by molar-refractivity contribution is 6.42. The quantitative estimate of drug-likeness (QED) is 0.481. The lowest BCUT2D eigenvalue weighted by Gasteiger charge is -2.42. The number of anilines is 1. The van der Waals surface area contributed by atoms with Gasteiger partial charge in [0.2, 0.25) is 0 Å². The largest absolute Gasteiger partial charge is 0.436 e. The van der Waals surface area contributed by atoms with Crippen molar-refractivity contribution in [2.75, 3.05) is 64.7 Å². The van der Waals surface area contributed by atoms with Gasteiger partial charge in [-0.3, -0.25) is 9.69 Å². The third-order valence-electron chi connectivity index (χ3n) is 9.78. The van der Waals surface area contributed by atoms with Gasteiger partial charge in [-0.05, 0) is 62.1 Å². The molecular weight excluding hydrogens is 615 g/mol. The number of rotatable bonds is 6. The number of nitrogens with one attached hydrogen (secondary N) is 1. The lowest BCUT2D eigenvalue weighted by molar-refractivity contribution is -0.142. The van der Waals surface area contributed by atoms with Crippen LogP contribution in [0.5, 0.6) is 0 Å². The third kappa shape index (κ3) is 7.51. The van der Waals surface area contributed by atoms with Crippen LogP contribution in [0.2, 0.25) is 10.0 Å². The second-order valence-electron chi connectivity index (χ2n) is 12.7. The molecule has 2 aromatic rings. The van der Waals surface area contributed by atoms with E-state index in [1.54, 1.807) is 17.0 Å². The molecule has 4 amide bonds. The molecule has 3 saturated heterocycles. The van der Waals surface area contributed by atoms with Crippen LogP contribution in [0.4, 0.5) is 15.3 Å². The molecule has 0 aliphatic carbocycles. The van der Waals surface area contributed by atoms with Gasteiger partial charge in [0.05, 0.1) is 10.0 Å². The van der Waals surface area contributed by atoms with Gasteiger partial charge in [0.1, 0.15) is 0 Å². The average Bonchev–Trinajstić information content (AvgIpc) is 3.06. The highest BCUT2D eigenvalue weighted by Gasteiger charge is 2.37. The number of ether oxygens (including phenoxy) is 1. The number of carbonyl (C=O) groups is 3. The monoisotopic (exact) mass is 656 g/mol. The molecular formula is C33H42Cl2N6O4. The summed E-state index contributed by atoms with van der Waals surface area (Å²) in [5.74, 6) is -0.176. The minimum Gasteiger partial charge on any atom is -0.436 e. The number of urea groups is 1. The Balaban J connectivity index is 1.07. The smallest absolute Gasteiger partial charge is 0.410 e. The van der Waals surface area contributed by atoms with Crippen LogP contribution in [0.15, 0.2) is 42.5 Å². The minimum atomic E-state index is -0.975. The molecule has 12 heteroatoms. The van der Waals surface area contributed by atoms with E-state index >= 15 is 0 Å². The number of amides is 4. The van der Waals surface area contributed by atoms with Crippen molar-refractivity contribution in [1.82, 2.24) is 24.5 Å². The Morgan fingerprint density at radius 3 is 2.24 bits per heavy atom. The van der Waals surface area contributed by atoms with E-state index in [2.05, 4.69) is 22.2 Å². The highest BCUT2D eigenvalue weighted by Crippen LogP contribution is 2.29. The zero-order valence-corrected chi connectivity index (χ0v) is 27.3. The van der Waals surface area contributed by atoms with E-state index in [0.717, 1.165) is 55.8 Å². The van der Waals surface area contributed by atoms with Crippen molar-refractivity contribution in [3.8, 4) is 0 Å². The van der Waals surface area contributed by atoms with Crippen molar-refractivity contribution in [3.05, 3.63) is 63.6 Å². The molecule has 1 N–H and O–H groups in total. The second-order valence-corrected chi connectivity index (χ2v) is 13.5. The lowest BCUT2D eigenvalue weighted by Crippen LogP contribution is -2.55. The fourth-order valence-electron chi connectivity index (χ4n) is 6.98. The Kier molecular flexibility index (Phi) is 10.0. The molecule has 45 heavy (non-hydrogen) atoms. The van der Waals surface area contributed by atoms with Crippen molar-refractivity contribution in [2.24, 2.45) is 0 Å². The number of piperidine rings is 2. The predicted molar refractivity (Wildman–Crippen MR) is 175 cm³/mol. The standard InChI is InChI=1S/C33H42Cl2N6O4/c1-37-16-18-38(19-17-37)25-8-12-39(13-9-25)31(42)30(21-23-6-7-27(34)28(35)20-23)45-33(44)40-14-10-26(11-15-40)41-22-24-4-2-3-5-29(24)36-32(41)43/h2-7,20,25-26,30H,8-19,21-22H2,1H3,(H,36,43)/t30-/m1/s1. The minimum absolute atomic E-state index is 0.0117. The summed E-state index contributed by atoms with van der Waals surface area (Å²) in [4.78, 5) is 50.5. The summed E-state index contributed by atoms with van der Waals surface area (Å²) in [6.07, 6.45) is 1.82. The molecule has 0 aromatic heterocycles. The SMILES string of the molecule is CN1CCN(C2CCN(C(=O)[C@@H](Cc3ccc(Cl)c(Cl)c3)OC(=O)N3CCC(N4Cc5ccccc5NC4=O)CC3)CC2)CC1. The third-order valence-corrected chi connectivity index (χ3v) is 10.5. The summed E-state index contributed by atoms with van der Waals surface area (Å²) in [5, 5.41) is 3.81. The number of halogens is 2. The fraction of sp³-hybridized carbons (Fsp3) is 0.545. The van der Waals surface area contributed by atoms with Crippen LogP contribution in [-0.4, -0.2) is 120 Å². The van der Waals surface area contributed by atoms with E-state index < -0.39 is 12.2 Å². The first-order valence-electron chi connectivity index (χ1n) is 16.0. The Morgan fingerprint density at radius 2 is 1.53 bits per heavy atom. The van der Waals surface area contributed by atoms with E-state index in [-0.39, 0.29) is 24.4 Å². The summed E-state index contributed by atoms with van der Waals surface area (Å²) in [6, 6.07) is 13.4. The topological polar surface area (TPSA) is 88.7 Å². The van der Waals surface area contributed by atoms with Gasteiger partial charge in [-0.15, -0.1) is 0 Å². The van der Waals surface area contributed by atoms with Crippen LogP contribution in [0.1, 0.15) is 36.8 Å². The molecule has 6 rings (SSSR count). The number of likely N-dealkylation sites (N-methyl/N-ethyl adjacent to an activating group) is 1. The van der Waals surface area contributed by atoms with E-state index in [1.165, 1.54) is 0 Å². The highest BCUT2D eigenvalue weighted by atomic mass is 35.5. The number of hydrogen-bond donors (Lipinski definition) is 1. The molecule has 10 nitrogen and oxygen atoms in total. The zero-order chi connectivity index (χ0) is 31.5. The van der Waals surface area contributed by atoms with Crippen molar-refractivity contribution >= 4 is 46.9 Å². The molecule has 2 aromatic carbocycles. The second kappa shape index (κ2) is 14.2. The number of carbonyl (C=O) groups excluding carboxylic acids is 3. The molecule has 0 unspecified atom stereocenters. The Hall–Kier alpha value is -3.05. The first-order chi connectivity index (χ1) is 21.7. The first kappa shape index (κ1) is 31.9. The summed E-state index contributed by atoms with van der Waals surface area (Å²) >= 11 is 12.4. The van der Waals surface area contributed by atoms with Crippen LogP contribution in [-0.2, 0) is 22.5 Å². The van der Waals surface area contributed by atoms with Crippen molar-refractivity contribution < 1.29 is 19.1 Å². The Bertz CT molecular complexity index is 1390. The Labute approximate surface area is 275 Å². The van der Waals surface area contributed by atoms with E-state index in [9.17, 15) is 14.4 Å². The van der Waals surface area contributed by atoms with Crippen LogP contribution in [0.3, 0.4) is 0 Å². The van der Waals surface area contributed by atoms with Gasteiger partial charge in [-0.1, -0.05) is 47.5 Å². The number of piperazine rings is 1. The first-order valence-corrected chi connectivity index (χ1v) is 16.8. The zero-order valence-electron chi connectivity index (χ0n) is 25.8. The van der Waals surface area contributed by atoms with Gasteiger partial charge in [-0.2, -0.15) is 0 Å². The van der Waals surface area contributed by atoms with Gasteiger partial charge in [0.25, 0.3) is 5.91 Å². The molecule has 1 atom stereocenters. The predicted octanol–water partition coefficient (Wildman–Crippen LogP) is 4.79. The van der Waals surface area contributed by atoms with Gasteiger partial charge in [-0.25, -0.2) is 9.59 Å². The number of fused-ring (bicyclic) bond motifs is 1. The maximum Gasteiger partial charge on any atom is 0.410 e. The van der Waals surface area contributed by atoms with Gasteiger partial charge in [0.15, 0.2) is 6.10 Å². The van der Waals surface area contributed by atoms with Crippen LogP contribution in [0.25, 0.3) is 0 Å². The summed E-state index contributed by atoms with van der Waals surface area (Å²) in [7, 11) is 2.16. The van der Waals surface area contributed by atoms with E-state index in [0.29, 0.717) is 61.7 Å². The molecule has 4 heterocycles. The maximum absolute atomic E-state index is 13.9. The average molecular weight is 658 g/mol. The fourth-order valence-corrected chi connectivity index (χ4v) is 7.30. The number of likely N-dealkylation sites (tertiary alicyclic amines) is 2. The van der Waals surface area contributed by atoms with Gasteiger partial charge >= 0.3 is 12.1 Å². The Morgan fingerprint density at radius 1 is 0.867 bits per heavy atom. The van der Waals surface area contributed by atoms with Crippen molar-refractivity contribution in [2.45, 2.75) is 56.8 Å². The van der Waals surface area contributed by atoms with E-state index in [1.807, 2.05) is 40.1 Å². The summed E-state index contributed by atoms with van der Waals surface area (Å²) < 4.78 is 5.99. The van der Waals surface area contributed by atoms with Gasteiger partial charge < -0.3 is 29.7 Å². The van der Waals surface area contributed by atoms with Crippen LogP contribution < -0.4 is 5.32 Å². The molecule has 0 bridgehead atoms. The molecule has 0 spiro atoms. The number of benzene rings is 2. The summed E-state index contributed by atoms with van der Waals surface area (Å²) in [6.45, 7) is 6.95. The normalized spacial score (nSPS) is 21.3. The molecule has 3 fully saturated rings. The van der Waals surface area contributed by atoms with E-state index in [4.69, 9.17) is 27.9 Å². The molecule has 4 aliphatic rings. The summed E-state index contributed by atoms with van der Waals surface area (Å²) in [5.41, 5.74) is 2.70. The van der Waals surface area contributed by atoms with Crippen molar-refractivity contribution in [3.63, 3.8) is 0 Å². The molecule has 242 valence electrons. The molecule has 4 aliphatic heterocycles. The number of para-hydroxylation sites is 1. The van der Waals surface area contributed by atoms with Crippen LogP contribution >= 0.6 is 23.2 Å².